The van der Waals surface area contributed by atoms with Crippen molar-refractivity contribution in [1.82, 2.24) is 0 Å². The Hall–Kier alpha value is -2.54. The molecule has 1 nitrogen and oxygen atoms in total. The molecule has 3 aromatic rings. The highest BCUT2D eigenvalue weighted by Gasteiger charge is 2.05. The van der Waals surface area contributed by atoms with Crippen LogP contribution >= 0.6 is 0 Å². The number of rotatable bonds is 2. The van der Waals surface area contributed by atoms with E-state index >= 15 is 0 Å². The highest BCUT2D eigenvalue weighted by atomic mass is 16.3. The minimum absolute atomic E-state index is 0.280. The molecule has 0 heterocycles. The first-order valence-electron chi connectivity index (χ1n) is 6.63. The number of aromatic hydroxyl groups is 1. The van der Waals surface area contributed by atoms with Crippen molar-refractivity contribution >= 4 is 16.3 Å². The molecule has 0 radical (unpaired) electrons. The van der Waals surface area contributed by atoms with Crippen molar-refractivity contribution in [2.45, 2.75) is 6.92 Å². The number of fused-ring (bicyclic) bond motifs is 1. The van der Waals surface area contributed by atoms with Crippen molar-refractivity contribution in [1.29, 1.82) is 0 Å². The van der Waals surface area contributed by atoms with Crippen LogP contribution in [0.5, 0.6) is 5.75 Å². The smallest absolute Gasteiger partial charge is 0.123 e. The number of hydrogen-bond donors (Lipinski definition) is 1. The first-order valence-corrected chi connectivity index (χ1v) is 6.63. The second kappa shape index (κ2) is 4.86. The van der Waals surface area contributed by atoms with E-state index in [1.165, 1.54) is 10.8 Å². The second-order valence-electron chi connectivity index (χ2n) is 5.07. The third kappa shape index (κ3) is 2.19. The molecule has 0 atom stereocenters. The average Bonchev–Trinajstić information content (AvgIpc) is 2.47. The van der Waals surface area contributed by atoms with Gasteiger partial charge >= 0.3 is 0 Å². The van der Waals surface area contributed by atoms with Crippen molar-refractivity contribution in [3.63, 3.8) is 0 Å². The lowest BCUT2D eigenvalue weighted by atomic mass is 9.97. The molecule has 0 bridgehead atoms. The molecule has 0 saturated carbocycles. The Kier molecular flexibility index (Phi) is 3.03. The van der Waals surface area contributed by atoms with Gasteiger partial charge in [0.2, 0.25) is 0 Å². The Morgan fingerprint density at radius 1 is 0.850 bits per heavy atom. The van der Waals surface area contributed by atoms with Crippen molar-refractivity contribution < 1.29 is 5.11 Å². The van der Waals surface area contributed by atoms with Crippen LogP contribution in [0.2, 0.25) is 0 Å². The van der Waals surface area contributed by atoms with Crippen LogP contribution in [-0.2, 0) is 0 Å². The van der Waals surface area contributed by atoms with Gasteiger partial charge in [-0.25, -0.2) is 0 Å². The van der Waals surface area contributed by atoms with Gasteiger partial charge in [-0.2, -0.15) is 0 Å². The molecule has 0 aliphatic rings. The van der Waals surface area contributed by atoms with E-state index in [9.17, 15) is 5.11 Å². The van der Waals surface area contributed by atoms with E-state index in [4.69, 9.17) is 0 Å². The van der Waals surface area contributed by atoms with Gasteiger partial charge in [0, 0.05) is 5.56 Å². The van der Waals surface area contributed by atoms with E-state index in [0.717, 1.165) is 22.3 Å². The fraction of sp³-hybridized carbons (Fsp3) is 0.0526. The molecule has 0 spiro atoms. The predicted octanol–water partition coefficient (Wildman–Crippen LogP) is 5.25. The van der Waals surface area contributed by atoms with Gasteiger partial charge in [0.05, 0.1) is 0 Å². The first kappa shape index (κ1) is 12.5. The van der Waals surface area contributed by atoms with Crippen LogP contribution < -0.4 is 0 Å². The zero-order valence-electron chi connectivity index (χ0n) is 11.4. The largest absolute Gasteiger partial charge is 0.507 e. The fourth-order valence-corrected chi connectivity index (χ4v) is 2.43. The maximum absolute atomic E-state index is 9.86. The summed E-state index contributed by atoms with van der Waals surface area (Å²) < 4.78 is 0. The van der Waals surface area contributed by atoms with Crippen LogP contribution in [0.1, 0.15) is 12.5 Å². The second-order valence-corrected chi connectivity index (χ2v) is 5.07. The van der Waals surface area contributed by atoms with Crippen LogP contribution in [0.25, 0.3) is 27.5 Å². The molecule has 0 unspecified atom stereocenters. The summed E-state index contributed by atoms with van der Waals surface area (Å²) in [4.78, 5) is 0. The third-order valence-corrected chi connectivity index (χ3v) is 3.54. The summed E-state index contributed by atoms with van der Waals surface area (Å²) in [5.41, 5.74) is 3.90. The van der Waals surface area contributed by atoms with Gasteiger partial charge in [-0.15, -0.1) is 0 Å². The molecule has 1 N–H and O–H groups in total. The topological polar surface area (TPSA) is 20.2 Å². The summed E-state index contributed by atoms with van der Waals surface area (Å²) in [6, 6.07) is 20.4. The number of phenols is 1. The van der Waals surface area contributed by atoms with E-state index in [-0.39, 0.29) is 5.75 Å². The van der Waals surface area contributed by atoms with E-state index in [0.29, 0.717) is 0 Å². The predicted molar refractivity (Wildman–Crippen MR) is 85.8 cm³/mol. The van der Waals surface area contributed by atoms with Gasteiger partial charge in [0.15, 0.2) is 0 Å². The lowest BCUT2D eigenvalue weighted by Gasteiger charge is -2.09. The van der Waals surface area contributed by atoms with E-state index < -0.39 is 0 Å². The summed E-state index contributed by atoms with van der Waals surface area (Å²) in [5, 5.41) is 12.3. The third-order valence-electron chi connectivity index (χ3n) is 3.54. The Labute approximate surface area is 118 Å². The van der Waals surface area contributed by atoms with E-state index in [2.05, 4.69) is 36.9 Å². The molecule has 3 aromatic carbocycles. The quantitative estimate of drug-likeness (QED) is 0.667. The Morgan fingerprint density at radius 2 is 1.50 bits per heavy atom. The minimum atomic E-state index is 0.280. The molecule has 0 fully saturated rings. The van der Waals surface area contributed by atoms with E-state index in [1.807, 2.05) is 31.2 Å². The van der Waals surface area contributed by atoms with Crippen molar-refractivity contribution in [2.75, 3.05) is 0 Å². The standard InChI is InChI=1S/C19H16O/c1-13(2)18-12-17(9-10-19(18)20)16-8-7-14-5-3-4-6-15(14)11-16/h3-12,20H,1H2,2H3. The number of benzene rings is 3. The Bertz CT molecular complexity index is 800. The van der Waals surface area contributed by atoms with Crippen LogP contribution in [0.4, 0.5) is 0 Å². The molecule has 0 amide bonds. The minimum Gasteiger partial charge on any atom is -0.507 e. The van der Waals surface area contributed by atoms with Gasteiger partial charge in [-0.3, -0.25) is 0 Å². The van der Waals surface area contributed by atoms with Gasteiger partial charge in [-0.05, 0) is 52.6 Å². The normalized spacial score (nSPS) is 10.7. The van der Waals surface area contributed by atoms with Crippen molar-refractivity contribution in [3.8, 4) is 16.9 Å². The van der Waals surface area contributed by atoms with Gasteiger partial charge in [0.1, 0.15) is 5.75 Å². The summed E-state index contributed by atoms with van der Waals surface area (Å²) >= 11 is 0. The molecule has 20 heavy (non-hydrogen) atoms. The van der Waals surface area contributed by atoms with Gasteiger partial charge in [-0.1, -0.05) is 49.0 Å². The first-order chi connectivity index (χ1) is 9.65. The molecule has 0 saturated heterocycles. The highest BCUT2D eigenvalue weighted by Crippen LogP contribution is 2.31. The molecule has 0 aliphatic heterocycles. The lowest BCUT2D eigenvalue weighted by molar-refractivity contribution is 0.473. The van der Waals surface area contributed by atoms with Crippen molar-refractivity contribution in [3.05, 3.63) is 72.8 Å². The zero-order chi connectivity index (χ0) is 14.1. The maximum atomic E-state index is 9.86. The van der Waals surface area contributed by atoms with Crippen LogP contribution in [0.15, 0.2) is 67.2 Å². The zero-order valence-corrected chi connectivity index (χ0v) is 11.4. The Morgan fingerprint density at radius 3 is 2.25 bits per heavy atom. The van der Waals surface area contributed by atoms with E-state index in [1.54, 1.807) is 6.07 Å². The fourth-order valence-electron chi connectivity index (χ4n) is 2.43. The summed E-state index contributed by atoms with van der Waals surface area (Å²) in [5.74, 6) is 0.280. The van der Waals surface area contributed by atoms with Crippen molar-refractivity contribution in [2.24, 2.45) is 0 Å². The lowest BCUT2D eigenvalue weighted by Crippen LogP contribution is -1.84. The SMILES string of the molecule is C=C(C)c1cc(-c2ccc3ccccc3c2)ccc1O. The number of phenolic OH excluding ortho intramolecular Hbond substituents is 1. The molecule has 98 valence electrons. The summed E-state index contributed by atoms with van der Waals surface area (Å²) in [7, 11) is 0. The molecular formula is C19H16O. The average molecular weight is 260 g/mol. The molecule has 0 aliphatic carbocycles. The monoisotopic (exact) mass is 260 g/mol. The molecule has 1 heteroatoms. The summed E-state index contributed by atoms with van der Waals surface area (Å²) in [6.07, 6.45) is 0. The Balaban J connectivity index is 2.15. The molecule has 3 rings (SSSR count). The highest BCUT2D eigenvalue weighted by molar-refractivity contribution is 5.88. The molecule has 0 aromatic heterocycles. The van der Waals surface area contributed by atoms with Gasteiger partial charge < -0.3 is 5.11 Å². The maximum Gasteiger partial charge on any atom is 0.123 e. The van der Waals surface area contributed by atoms with Gasteiger partial charge in [0.25, 0.3) is 0 Å². The molecular weight excluding hydrogens is 244 g/mol. The summed E-state index contributed by atoms with van der Waals surface area (Å²) in [6.45, 7) is 5.81. The van der Waals surface area contributed by atoms with Crippen LogP contribution in [0, 0.1) is 0 Å². The van der Waals surface area contributed by atoms with Crippen LogP contribution in [0.3, 0.4) is 0 Å². The number of allylic oxidation sites excluding steroid dienone is 1. The van der Waals surface area contributed by atoms with Crippen LogP contribution in [-0.4, -0.2) is 5.11 Å². The number of hydrogen-bond acceptors (Lipinski definition) is 1.